The lowest BCUT2D eigenvalue weighted by Crippen LogP contribution is -2.52. The maximum atomic E-state index is 11.7. The van der Waals surface area contributed by atoms with Crippen LogP contribution in [0.5, 0.6) is 0 Å². The van der Waals surface area contributed by atoms with Crippen LogP contribution in [0, 0.1) is 98.5 Å². The molecule has 0 saturated heterocycles. The number of ether oxygens (including phenoxy) is 2. The summed E-state index contributed by atoms with van der Waals surface area (Å²) in [4.78, 5) is 29.6. The maximum Gasteiger partial charge on any atom is 0.222 e. The molecule has 0 saturated carbocycles. The zero-order valence-electron chi connectivity index (χ0n) is 90.9. The van der Waals surface area contributed by atoms with E-state index in [1.807, 2.05) is 69.2 Å². The average molecular weight is 1720 g/mol. The van der Waals surface area contributed by atoms with Crippen LogP contribution in [0.2, 0.25) is 0 Å². The second-order valence-electron chi connectivity index (χ2n) is 51.8. The molecule has 0 fully saturated rings. The minimum Gasteiger partial charge on any atom is -0.480 e. The molecule has 0 aromatic rings. The van der Waals surface area contributed by atoms with E-state index in [0.717, 1.165) is 11.6 Å². The van der Waals surface area contributed by atoms with Crippen molar-refractivity contribution < 1.29 is 35.9 Å². The number of sulfonamides is 2. The normalized spacial score (nSPS) is 13.6. The zero-order chi connectivity index (χ0) is 98.2. The van der Waals surface area contributed by atoms with E-state index in [2.05, 4.69) is 394 Å². The lowest BCUT2D eigenvalue weighted by Gasteiger charge is -2.48. The van der Waals surface area contributed by atoms with E-state index >= 15 is 0 Å². The third-order valence-corrected chi connectivity index (χ3v) is 22.0. The first-order valence-electron chi connectivity index (χ1n) is 44.0. The van der Waals surface area contributed by atoms with Gasteiger partial charge in [0.1, 0.15) is 0 Å². The minimum absolute atomic E-state index is 0.0139. The van der Waals surface area contributed by atoms with Gasteiger partial charge in [-0.25, -0.2) is 25.9 Å². The van der Waals surface area contributed by atoms with Crippen LogP contribution in [0.25, 0.3) is 0 Å². The van der Waals surface area contributed by atoms with Gasteiger partial charge in [0.15, 0.2) is 11.8 Å². The van der Waals surface area contributed by atoms with Gasteiger partial charge in [0.05, 0.1) is 25.7 Å². The van der Waals surface area contributed by atoms with Crippen molar-refractivity contribution in [2.24, 2.45) is 98.5 Å². The van der Waals surface area contributed by atoms with Crippen molar-refractivity contribution in [3.05, 3.63) is 49.5 Å². The average Bonchev–Trinajstić information content (AvgIpc) is 1.12. The van der Waals surface area contributed by atoms with Crippen LogP contribution in [0.3, 0.4) is 0 Å². The van der Waals surface area contributed by atoms with Crippen LogP contribution >= 0.6 is 0 Å². The molecule has 0 radical (unpaired) electrons. The number of hydrogen-bond acceptors (Lipinski definition) is 12. The number of carbonyl (C=O) groups is 2. The highest BCUT2D eigenvalue weighted by atomic mass is 32.2. The molecule has 0 heterocycles. The molecule has 0 bridgehead atoms. The smallest absolute Gasteiger partial charge is 0.222 e. The molecule has 0 unspecified atom stereocenters. The van der Waals surface area contributed by atoms with E-state index < -0.39 is 20.0 Å². The maximum absolute atomic E-state index is 11.7. The van der Waals surface area contributed by atoms with Crippen molar-refractivity contribution in [1.29, 1.82) is 0 Å². The topological polar surface area (TPSA) is 182 Å². The molecule has 16 nitrogen and oxygen atoms in total. The molecule has 712 valence electrons. The van der Waals surface area contributed by atoms with Crippen LogP contribution in [0.1, 0.15) is 388 Å². The molecule has 0 atom stereocenters. The number of carbonyl (C=O) groups excluding carboxylic acids is 2. The van der Waals surface area contributed by atoms with Gasteiger partial charge in [-0.2, -0.15) is 0 Å². The molecule has 0 aromatic heterocycles. The van der Waals surface area contributed by atoms with Gasteiger partial charge in [-0.15, -0.1) is 0 Å². The number of rotatable bonds is 20. The molecule has 18 heteroatoms. The molecule has 0 rings (SSSR count). The summed E-state index contributed by atoms with van der Waals surface area (Å²) in [5.41, 5.74) is 4.22. The van der Waals surface area contributed by atoms with Crippen molar-refractivity contribution in [3.8, 4) is 0 Å². The van der Waals surface area contributed by atoms with E-state index in [1.165, 1.54) is 22.5 Å². The Balaban J connectivity index is -0.000000195. The van der Waals surface area contributed by atoms with E-state index in [-0.39, 0.29) is 129 Å². The Morgan fingerprint density at radius 2 is 0.551 bits per heavy atom. The molecule has 118 heavy (non-hydrogen) atoms. The fourth-order valence-corrected chi connectivity index (χ4v) is 21.3. The Labute approximate surface area is 740 Å². The van der Waals surface area contributed by atoms with Crippen molar-refractivity contribution in [1.82, 2.24) is 39.7 Å². The van der Waals surface area contributed by atoms with Crippen LogP contribution in [0.4, 0.5) is 0 Å². The van der Waals surface area contributed by atoms with E-state index in [9.17, 15) is 26.4 Å². The van der Waals surface area contributed by atoms with E-state index in [1.54, 1.807) is 14.0 Å². The highest BCUT2D eigenvalue weighted by Gasteiger charge is 2.45. The lowest BCUT2D eigenvalue weighted by molar-refractivity contribution is -0.126. The number of hydrogen-bond donors (Lipinski definition) is 4. The molecule has 4 N–H and O–H groups in total. The van der Waals surface area contributed by atoms with Crippen molar-refractivity contribution in [2.45, 2.75) is 436 Å². The molecule has 0 aliphatic rings. The summed E-state index contributed by atoms with van der Waals surface area (Å²) < 4.78 is 60.7. The first-order chi connectivity index (χ1) is 50.6. The van der Waals surface area contributed by atoms with E-state index in [4.69, 9.17) is 9.47 Å². The Bertz CT molecular complexity index is 3030. The predicted octanol–water partition coefficient (Wildman–Crippen LogP) is 26.0. The third-order valence-electron chi connectivity index (χ3n) is 20.1. The monoisotopic (exact) mass is 1720 g/mol. The Hall–Kier alpha value is -3.48. The van der Waals surface area contributed by atoms with Crippen molar-refractivity contribution in [3.63, 3.8) is 0 Å². The van der Waals surface area contributed by atoms with Gasteiger partial charge in [0.25, 0.3) is 0 Å². The Morgan fingerprint density at radius 1 is 0.322 bits per heavy atom. The molecule has 0 aliphatic carbocycles. The van der Waals surface area contributed by atoms with Gasteiger partial charge in [0.2, 0.25) is 31.9 Å². The van der Waals surface area contributed by atoms with Crippen LogP contribution in [0.15, 0.2) is 49.5 Å². The lowest BCUT2D eigenvalue weighted by atomic mass is 9.71. The summed E-state index contributed by atoms with van der Waals surface area (Å²) >= 11 is 0. The quantitative estimate of drug-likeness (QED) is 0.0848. The Morgan fingerprint density at radius 3 is 0.703 bits per heavy atom. The van der Waals surface area contributed by atoms with E-state index in [0.29, 0.717) is 49.2 Å². The van der Waals surface area contributed by atoms with Crippen LogP contribution in [-0.2, 0) is 39.1 Å². The zero-order valence-corrected chi connectivity index (χ0v) is 92.5. The van der Waals surface area contributed by atoms with Gasteiger partial charge in [0, 0.05) is 101 Å². The second kappa shape index (κ2) is 48.3. The SMILES string of the molecule is C=C(C(C)C)N(C)C(C(C)(C)C)C(C)(C)C.C=C(C)N(C)C(C(C)(C)C)C(C)(C)C.C=C(NC(C(C)(C)C)C(C)(C)C)OCC.C=C(OCC)N(C)C(C(C)(C)C)C(C)(C)C.CC(=O)NC(C(C)(C)C)C(C)(C)C.CC(C)(C)C(NS(C)(=O)=O)C(C)(C)C.CC(C)C(=O)NC(C(C)(C)C)C(C)(C)C.CN(C(C(C)(C)C)C(C)(C)C)S(C)(=O)=O. The standard InChI is InChI=1S/C15H31N.C14H29NO.2C13H27NO.C13H27N.C11H25NO2S.C11H23NO.C10H23NO2S/c1-11(2)12(3)16(10)13(14(4,5)6)15(7,8)9;1-10-16-11(2)15(9)12(13(3,4)5)14(6,7)8;1-9-15-10(2)14-11(12(3,4)5)13(6,7)8;1-9(2)10(15)14-11(12(3,4)5)13(6,7)8;1-10(2)14(9)11(12(3,4)5)13(6,7)8;1-10(2,3)9(11(4,5)6)12(7)15(8,13)14;1-8(13)12-9(10(2,3)4)11(5,6)7;1-9(2,3)8(10(4,5)6)11-14(7,12)13/h11,13H,3H2,1-2,4-10H3;12H,2,10H2,1,3-9H3;11,14H,2,9H2,1,3-8H3;9,11H,1-8H3,(H,14,15);11H,1H2,2-9H3;9H,1-8H3;9H,1-7H3,(H,12,13);8,11H,1-7H3. The van der Waals surface area contributed by atoms with Gasteiger partial charge in [-0.3, -0.25) is 9.59 Å². The molecule has 2 amide bonds. The van der Waals surface area contributed by atoms with Crippen LogP contribution < -0.4 is 20.7 Å². The summed E-state index contributed by atoms with van der Waals surface area (Å²) in [6.45, 7) is 139. The highest BCUT2D eigenvalue weighted by molar-refractivity contribution is 7.88. The van der Waals surface area contributed by atoms with Crippen molar-refractivity contribution >= 4 is 31.9 Å². The number of amides is 2. The predicted molar refractivity (Wildman–Crippen MR) is 526 cm³/mol. The molecule has 0 spiro atoms. The van der Waals surface area contributed by atoms with Crippen LogP contribution in [-0.4, -0.2) is 150 Å². The second-order valence-corrected chi connectivity index (χ2v) is 55.6. The summed E-state index contributed by atoms with van der Waals surface area (Å²) in [5.74, 6) is 2.19. The third kappa shape index (κ3) is 56.4. The van der Waals surface area contributed by atoms with Gasteiger partial charge in [-0.05, 0) is 126 Å². The van der Waals surface area contributed by atoms with Gasteiger partial charge >= 0.3 is 0 Å². The fraction of sp³-hybridized carbons (Fsp3) is 0.900. The summed E-state index contributed by atoms with van der Waals surface area (Å²) in [7, 11) is 1.78. The summed E-state index contributed by atoms with van der Waals surface area (Å²) in [5, 5.41) is 9.56. The largest absolute Gasteiger partial charge is 0.480 e. The Kier molecular flexibility index (Phi) is 53.2. The molecular formula is C100H212N8O8S2. The molecule has 0 aliphatic heterocycles. The number of allylic oxidation sites excluding steroid dienone is 2. The fourth-order valence-electron chi connectivity index (χ4n) is 19.1. The number of nitrogens with one attached hydrogen (secondary N) is 4. The minimum atomic E-state index is -3.14. The highest BCUT2D eigenvalue weighted by Crippen LogP contribution is 2.44. The summed E-state index contributed by atoms with van der Waals surface area (Å²) in [6.07, 6.45) is 2.47. The molecular weight excluding hydrogens is 1510 g/mol. The van der Waals surface area contributed by atoms with Crippen molar-refractivity contribution in [2.75, 3.05) is 53.9 Å². The summed E-state index contributed by atoms with van der Waals surface area (Å²) in [6, 6.07) is 2.05. The molecule has 0 aromatic carbocycles. The van der Waals surface area contributed by atoms with Gasteiger partial charge < -0.3 is 40.1 Å². The van der Waals surface area contributed by atoms with Gasteiger partial charge in [-0.1, -0.05) is 373 Å². The number of nitrogens with zero attached hydrogens (tertiary/aromatic N) is 4. The first-order valence-corrected chi connectivity index (χ1v) is 47.7. The first kappa shape index (κ1) is 130.